The molecule has 148 valence electrons. The first kappa shape index (κ1) is 19.5. The van der Waals surface area contributed by atoms with Crippen molar-refractivity contribution in [2.45, 2.75) is 70.7 Å². The SMILES string of the molecule is CC(C)(C)OC(=O)N[C@@H]1C[C@@H]2CC[C@H](C1)N(C(=O)OCc1ccccc1)C2. The Bertz CT molecular complexity index is 656. The van der Waals surface area contributed by atoms with Crippen LogP contribution in [-0.4, -0.2) is 41.3 Å². The fraction of sp³-hybridized carbons (Fsp3) is 0.619. The second-order valence-corrected chi connectivity index (χ2v) is 8.60. The van der Waals surface area contributed by atoms with Crippen LogP contribution in [0.3, 0.4) is 0 Å². The number of rotatable bonds is 3. The topological polar surface area (TPSA) is 67.9 Å². The van der Waals surface area contributed by atoms with Crippen LogP contribution in [-0.2, 0) is 16.1 Å². The van der Waals surface area contributed by atoms with Gasteiger partial charge in [0.2, 0.25) is 0 Å². The summed E-state index contributed by atoms with van der Waals surface area (Å²) in [4.78, 5) is 26.6. The maximum atomic E-state index is 12.6. The largest absolute Gasteiger partial charge is 0.445 e. The lowest BCUT2D eigenvalue weighted by atomic mass is 9.95. The highest BCUT2D eigenvalue weighted by molar-refractivity contribution is 5.69. The van der Waals surface area contributed by atoms with E-state index >= 15 is 0 Å². The molecule has 3 fully saturated rings. The summed E-state index contributed by atoms with van der Waals surface area (Å²) < 4.78 is 10.9. The van der Waals surface area contributed by atoms with Gasteiger partial charge in [-0.15, -0.1) is 0 Å². The van der Waals surface area contributed by atoms with Crippen molar-refractivity contribution in [3.8, 4) is 0 Å². The van der Waals surface area contributed by atoms with Gasteiger partial charge in [-0.3, -0.25) is 0 Å². The van der Waals surface area contributed by atoms with Gasteiger partial charge in [-0.2, -0.15) is 0 Å². The van der Waals surface area contributed by atoms with Crippen LogP contribution in [0.1, 0.15) is 52.0 Å². The summed E-state index contributed by atoms with van der Waals surface area (Å²) in [6.07, 6.45) is 3.02. The summed E-state index contributed by atoms with van der Waals surface area (Å²) >= 11 is 0. The molecule has 27 heavy (non-hydrogen) atoms. The molecule has 2 amide bonds. The molecule has 3 atom stereocenters. The monoisotopic (exact) mass is 374 g/mol. The summed E-state index contributed by atoms with van der Waals surface area (Å²) in [6.45, 7) is 6.55. The van der Waals surface area contributed by atoms with Gasteiger partial charge in [-0.05, 0) is 57.9 Å². The third kappa shape index (κ3) is 5.62. The number of fused-ring (bicyclic) bond motifs is 4. The van der Waals surface area contributed by atoms with Gasteiger partial charge >= 0.3 is 12.2 Å². The standard InChI is InChI=1S/C21H30N2O4/c1-21(2,3)27-19(24)22-17-11-16-9-10-18(12-17)23(13-16)20(25)26-14-15-7-5-4-6-8-15/h4-8,16-18H,9-14H2,1-3H3,(H,22,24)/t16-,17+,18+/m0/s1. The van der Waals surface area contributed by atoms with E-state index in [0.717, 1.165) is 31.2 Å². The lowest BCUT2D eigenvalue weighted by Crippen LogP contribution is -2.46. The Kier molecular flexibility index (Phi) is 5.92. The summed E-state index contributed by atoms with van der Waals surface area (Å²) in [5.74, 6) is 0.382. The smallest absolute Gasteiger partial charge is 0.410 e. The fourth-order valence-electron chi connectivity index (χ4n) is 3.98. The first-order chi connectivity index (χ1) is 12.8. The number of carbonyl (C=O) groups is 2. The van der Waals surface area contributed by atoms with Gasteiger partial charge in [0.15, 0.2) is 0 Å². The number of amides is 2. The number of nitrogens with zero attached hydrogens (tertiary/aromatic N) is 1. The van der Waals surface area contributed by atoms with Crippen molar-refractivity contribution >= 4 is 12.2 Å². The normalized spacial score (nSPS) is 24.9. The summed E-state index contributed by atoms with van der Waals surface area (Å²) in [7, 11) is 0. The zero-order valence-corrected chi connectivity index (χ0v) is 16.4. The maximum Gasteiger partial charge on any atom is 0.410 e. The first-order valence-electron chi connectivity index (χ1n) is 9.77. The average molecular weight is 374 g/mol. The number of hydrogen-bond acceptors (Lipinski definition) is 4. The van der Waals surface area contributed by atoms with Crippen LogP contribution in [0.4, 0.5) is 9.59 Å². The quantitative estimate of drug-likeness (QED) is 0.865. The molecule has 1 N–H and O–H groups in total. The van der Waals surface area contributed by atoms with E-state index < -0.39 is 5.60 Å². The summed E-state index contributed by atoms with van der Waals surface area (Å²) in [5.41, 5.74) is 0.469. The Labute approximate surface area is 161 Å². The lowest BCUT2D eigenvalue weighted by Gasteiger charge is -2.35. The molecular formula is C21H30N2O4. The Morgan fingerprint density at radius 2 is 1.89 bits per heavy atom. The minimum atomic E-state index is -0.513. The first-order valence-corrected chi connectivity index (χ1v) is 9.77. The van der Waals surface area contributed by atoms with Crippen LogP contribution in [0, 0.1) is 5.92 Å². The van der Waals surface area contributed by atoms with Crippen molar-refractivity contribution in [3.63, 3.8) is 0 Å². The molecule has 2 bridgehead atoms. The molecule has 2 heterocycles. The molecule has 3 aliphatic rings. The van der Waals surface area contributed by atoms with Gasteiger partial charge in [0, 0.05) is 18.6 Å². The van der Waals surface area contributed by atoms with Gasteiger partial charge in [0.25, 0.3) is 0 Å². The minimum Gasteiger partial charge on any atom is -0.445 e. The lowest BCUT2D eigenvalue weighted by molar-refractivity contribution is 0.0495. The van der Waals surface area contributed by atoms with E-state index in [2.05, 4.69) is 5.32 Å². The second kappa shape index (κ2) is 8.19. The minimum absolute atomic E-state index is 0.0317. The maximum absolute atomic E-state index is 12.6. The van der Waals surface area contributed by atoms with Crippen molar-refractivity contribution in [2.24, 2.45) is 5.92 Å². The van der Waals surface area contributed by atoms with E-state index in [-0.39, 0.29) is 30.9 Å². The molecule has 2 saturated heterocycles. The third-order valence-electron chi connectivity index (χ3n) is 5.14. The van der Waals surface area contributed by atoms with Crippen LogP contribution < -0.4 is 5.32 Å². The predicted octanol–water partition coefficient (Wildman–Crippen LogP) is 4.09. The van der Waals surface area contributed by atoms with E-state index in [4.69, 9.17) is 9.47 Å². The average Bonchev–Trinajstić information content (AvgIpc) is 2.89. The van der Waals surface area contributed by atoms with Gasteiger partial charge in [0.05, 0.1) is 0 Å². The van der Waals surface area contributed by atoms with Crippen LogP contribution in [0.25, 0.3) is 0 Å². The fourth-order valence-corrected chi connectivity index (χ4v) is 3.98. The van der Waals surface area contributed by atoms with E-state index in [1.807, 2.05) is 56.0 Å². The van der Waals surface area contributed by atoms with E-state index in [1.165, 1.54) is 0 Å². The number of carbonyl (C=O) groups excluding carboxylic acids is 2. The molecule has 0 unspecified atom stereocenters. The Hall–Kier alpha value is -2.24. The molecule has 1 aromatic rings. The molecule has 1 aromatic carbocycles. The number of alkyl carbamates (subject to hydrolysis) is 1. The number of piperidine rings is 1. The molecule has 2 aliphatic heterocycles. The molecule has 0 spiro atoms. The molecule has 6 heteroatoms. The second-order valence-electron chi connectivity index (χ2n) is 8.60. The number of hydrogen-bond donors (Lipinski definition) is 1. The number of nitrogens with one attached hydrogen (secondary N) is 1. The van der Waals surface area contributed by atoms with Crippen molar-refractivity contribution in [2.75, 3.05) is 6.54 Å². The van der Waals surface area contributed by atoms with Crippen molar-refractivity contribution < 1.29 is 19.1 Å². The van der Waals surface area contributed by atoms with E-state index in [0.29, 0.717) is 12.5 Å². The molecule has 0 aromatic heterocycles. The van der Waals surface area contributed by atoms with Crippen LogP contribution in [0.15, 0.2) is 30.3 Å². The van der Waals surface area contributed by atoms with Crippen LogP contribution in [0.2, 0.25) is 0 Å². The van der Waals surface area contributed by atoms with E-state index in [1.54, 1.807) is 0 Å². The van der Waals surface area contributed by atoms with Gasteiger partial charge in [-0.25, -0.2) is 9.59 Å². The highest BCUT2D eigenvalue weighted by atomic mass is 16.6. The molecule has 6 nitrogen and oxygen atoms in total. The Morgan fingerprint density at radius 1 is 1.15 bits per heavy atom. The zero-order chi connectivity index (χ0) is 19.4. The van der Waals surface area contributed by atoms with Crippen molar-refractivity contribution in [3.05, 3.63) is 35.9 Å². The molecule has 0 radical (unpaired) electrons. The number of ether oxygens (including phenoxy) is 2. The Morgan fingerprint density at radius 3 is 2.59 bits per heavy atom. The predicted molar refractivity (Wildman–Crippen MR) is 102 cm³/mol. The summed E-state index contributed by atoms with van der Waals surface area (Å²) in [5, 5.41) is 2.99. The van der Waals surface area contributed by atoms with Crippen LogP contribution in [0.5, 0.6) is 0 Å². The summed E-state index contributed by atoms with van der Waals surface area (Å²) in [6, 6.07) is 9.84. The van der Waals surface area contributed by atoms with Crippen molar-refractivity contribution in [1.29, 1.82) is 0 Å². The molecule has 1 aliphatic carbocycles. The van der Waals surface area contributed by atoms with Gasteiger partial charge in [-0.1, -0.05) is 30.3 Å². The number of benzene rings is 1. The highest BCUT2D eigenvalue weighted by Gasteiger charge is 2.39. The van der Waals surface area contributed by atoms with Crippen molar-refractivity contribution in [1.82, 2.24) is 10.2 Å². The Balaban J connectivity index is 1.55. The van der Waals surface area contributed by atoms with Gasteiger partial charge < -0.3 is 19.7 Å². The highest BCUT2D eigenvalue weighted by Crippen LogP contribution is 2.34. The third-order valence-corrected chi connectivity index (χ3v) is 5.14. The van der Waals surface area contributed by atoms with Crippen LogP contribution >= 0.6 is 0 Å². The zero-order valence-electron chi connectivity index (χ0n) is 16.4. The molecular weight excluding hydrogens is 344 g/mol. The molecule has 4 rings (SSSR count). The van der Waals surface area contributed by atoms with Gasteiger partial charge in [0.1, 0.15) is 12.2 Å². The van der Waals surface area contributed by atoms with E-state index in [9.17, 15) is 9.59 Å². The molecule has 1 saturated carbocycles.